The number of rotatable bonds is 32. The second-order valence-electron chi connectivity index (χ2n) is 12.8. The standard InChI is InChI=1S/C37H61NO14/c1-7-32(40)49-26-36(10-4,27-50-33(41)8-2)24-47-25-37(11-5,28-51-34(42)9-3)29-52-35(43)14-15-38(22-31-13-12-16-48-31)21-30(39)23-46-20-19-45-18-17-44-6/h7-9,30-31,39H,1-3,10-29H2,4-6H3. The number of aliphatic hydroxyl groups is 1. The summed E-state index contributed by atoms with van der Waals surface area (Å²) >= 11 is 0. The van der Waals surface area contributed by atoms with Crippen molar-refractivity contribution in [2.45, 2.75) is 58.2 Å². The van der Waals surface area contributed by atoms with Gasteiger partial charge in [0, 0.05) is 51.6 Å². The summed E-state index contributed by atoms with van der Waals surface area (Å²) in [6, 6.07) is 0. The van der Waals surface area contributed by atoms with Gasteiger partial charge in [0.1, 0.15) is 26.4 Å². The minimum Gasteiger partial charge on any atom is -0.465 e. The summed E-state index contributed by atoms with van der Waals surface area (Å²) in [4.78, 5) is 50.8. The molecule has 3 atom stereocenters. The van der Waals surface area contributed by atoms with Crippen LogP contribution >= 0.6 is 0 Å². The van der Waals surface area contributed by atoms with Gasteiger partial charge in [0.2, 0.25) is 0 Å². The largest absolute Gasteiger partial charge is 0.465 e. The van der Waals surface area contributed by atoms with Crippen LogP contribution in [0.25, 0.3) is 0 Å². The fourth-order valence-corrected chi connectivity index (χ4v) is 5.02. The molecule has 1 N–H and O–H groups in total. The third kappa shape index (κ3) is 20.2. The van der Waals surface area contributed by atoms with Crippen LogP contribution in [0.2, 0.25) is 0 Å². The van der Waals surface area contributed by atoms with Gasteiger partial charge >= 0.3 is 23.9 Å². The van der Waals surface area contributed by atoms with Gasteiger partial charge in [-0.25, -0.2) is 14.4 Å². The van der Waals surface area contributed by atoms with Crippen molar-refractivity contribution in [3.8, 4) is 0 Å². The second-order valence-corrected chi connectivity index (χ2v) is 12.8. The van der Waals surface area contributed by atoms with Crippen LogP contribution in [0.5, 0.6) is 0 Å². The molecule has 1 fully saturated rings. The van der Waals surface area contributed by atoms with Crippen LogP contribution in [0.4, 0.5) is 0 Å². The van der Waals surface area contributed by atoms with E-state index in [9.17, 15) is 24.3 Å². The van der Waals surface area contributed by atoms with E-state index in [0.717, 1.165) is 31.1 Å². The van der Waals surface area contributed by atoms with Crippen LogP contribution in [-0.2, 0) is 61.8 Å². The molecule has 0 aromatic carbocycles. The Morgan fingerprint density at radius 3 is 1.79 bits per heavy atom. The highest BCUT2D eigenvalue weighted by Crippen LogP contribution is 2.29. The minimum atomic E-state index is -0.943. The number of aliphatic hydroxyl groups excluding tert-OH is 1. The molecule has 15 heteroatoms. The fraction of sp³-hybridized carbons (Fsp3) is 0.730. The van der Waals surface area contributed by atoms with Gasteiger partial charge in [-0.05, 0) is 25.7 Å². The predicted molar refractivity (Wildman–Crippen MR) is 190 cm³/mol. The normalized spacial score (nSPS) is 16.1. The second kappa shape index (κ2) is 27.4. The first kappa shape index (κ1) is 46.8. The van der Waals surface area contributed by atoms with Crippen molar-refractivity contribution in [3.63, 3.8) is 0 Å². The zero-order chi connectivity index (χ0) is 38.7. The van der Waals surface area contributed by atoms with E-state index in [2.05, 4.69) is 19.7 Å². The summed E-state index contributed by atoms with van der Waals surface area (Å²) in [7, 11) is 1.60. The van der Waals surface area contributed by atoms with Crippen LogP contribution in [0.3, 0.4) is 0 Å². The molecular formula is C37H61NO14. The lowest BCUT2D eigenvalue weighted by Crippen LogP contribution is -2.43. The Morgan fingerprint density at radius 2 is 1.31 bits per heavy atom. The highest BCUT2D eigenvalue weighted by atomic mass is 16.6. The number of ether oxygens (including phenoxy) is 9. The lowest BCUT2D eigenvalue weighted by molar-refractivity contribution is -0.159. The van der Waals surface area contributed by atoms with E-state index in [1.807, 2.05) is 18.7 Å². The van der Waals surface area contributed by atoms with Crippen molar-refractivity contribution in [2.75, 3.05) is 106 Å². The van der Waals surface area contributed by atoms with Crippen molar-refractivity contribution in [1.82, 2.24) is 4.90 Å². The molecule has 0 aromatic heterocycles. The third-order valence-electron chi connectivity index (χ3n) is 8.62. The van der Waals surface area contributed by atoms with Crippen molar-refractivity contribution in [3.05, 3.63) is 38.0 Å². The first-order chi connectivity index (χ1) is 25.0. The molecular weight excluding hydrogens is 682 g/mol. The summed E-state index contributed by atoms with van der Waals surface area (Å²) in [5.74, 6) is -2.42. The maximum Gasteiger partial charge on any atom is 0.330 e. The molecule has 1 rings (SSSR count). The van der Waals surface area contributed by atoms with E-state index in [-0.39, 0.29) is 65.3 Å². The van der Waals surface area contributed by atoms with Gasteiger partial charge in [0.15, 0.2) is 0 Å². The Balaban J connectivity index is 2.90. The molecule has 0 saturated carbocycles. The molecule has 0 radical (unpaired) electrons. The Bertz CT molecular complexity index is 1050. The van der Waals surface area contributed by atoms with E-state index in [1.165, 1.54) is 0 Å². The Morgan fingerprint density at radius 1 is 0.788 bits per heavy atom. The topological polar surface area (TPSA) is 175 Å². The van der Waals surface area contributed by atoms with E-state index >= 15 is 0 Å². The summed E-state index contributed by atoms with van der Waals surface area (Å²) in [6.45, 7) is 17.0. The van der Waals surface area contributed by atoms with Gasteiger partial charge in [-0.15, -0.1) is 0 Å². The minimum absolute atomic E-state index is 0.00131. The predicted octanol–water partition coefficient (Wildman–Crippen LogP) is 2.44. The monoisotopic (exact) mass is 743 g/mol. The number of hydrogen-bond donors (Lipinski definition) is 1. The molecule has 0 bridgehead atoms. The highest BCUT2D eigenvalue weighted by Gasteiger charge is 2.37. The number of hydrogen-bond acceptors (Lipinski definition) is 15. The molecule has 1 heterocycles. The van der Waals surface area contributed by atoms with Crippen molar-refractivity contribution < 1.29 is 66.9 Å². The van der Waals surface area contributed by atoms with Crippen LogP contribution in [0.1, 0.15) is 46.0 Å². The average molecular weight is 744 g/mol. The van der Waals surface area contributed by atoms with Gasteiger partial charge in [-0.2, -0.15) is 0 Å². The number of methoxy groups -OCH3 is 1. The average Bonchev–Trinajstić information content (AvgIpc) is 3.67. The lowest BCUT2D eigenvalue weighted by Gasteiger charge is -2.35. The zero-order valence-electron chi connectivity index (χ0n) is 31.4. The summed E-state index contributed by atoms with van der Waals surface area (Å²) in [5, 5.41) is 10.7. The van der Waals surface area contributed by atoms with E-state index < -0.39 is 40.8 Å². The first-order valence-corrected chi connectivity index (χ1v) is 17.8. The molecule has 298 valence electrons. The van der Waals surface area contributed by atoms with E-state index in [4.69, 9.17) is 42.6 Å². The molecule has 1 aliphatic heterocycles. The molecule has 0 amide bonds. The summed E-state index contributed by atoms with van der Waals surface area (Å²) < 4.78 is 49.5. The van der Waals surface area contributed by atoms with Crippen molar-refractivity contribution in [1.29, 1.82) is 0 Å². The molecule has 0 spiro atoms. The summed E-state index contributed by atoms with van der Waals surface area (Å²) in [5.41, 5.74) is -1.85. The molecule has 1 saturated heterocycles. The summed E-state index contributed by atoms with van der Waals surface area (Å²) in [6.07, 6.45) is 4.99. The molecule has 3 unspecified atom stereocenters. The van der Waals surface area contributed by atoms with Crippen molar-refractivity contribution in [2.24, 2.45) is 10.8 Å². The number of carbonyl (C=O) groups excluding carboxylic acids is 4. The van der Waals surface area contributed by atoms with Crippen LogP contribution in [0, 0.1) is 10.8 Å². The van der Waals surface area contributed by atoms with E-state index in [0.29, 0.717) is 59.0 Å². The van der Waals surface area contributed by atoms with Crippen LogP contribution < -0.4 is 0 Å². The maximum atomic E-state index is 13.1. The Hall–Kier alpha value is -3.18. The molecule has 0 aromatic rings. The van der Waals surface area contributed by atoms with Gasteiger partial charge < -0.3 is 47.7 Å². The molecule has 1 aliphatic rings. The van der Waals surface area contributed by atoms with Crippen LogP contribution in [0.15, 0.2) is 38.0 Å². The van der Waals surface area contributed by atoms with Crippen LogP contribution in [-0.4, -0.2) is 152 Å². The van der Waals surface area contributed by atoms with Gasteiger partial charge in [0.25, 0.3) is 0 Å². The van der Waals surface area contributed by atoms with Gasteiger partial charge in [-0.1, -0.05) is 33.6 Å². The first-order valence-electron chi connectivity index (χ1n) is 17.8. The highest BCUT2D eigenvalue weighted by molar-refractivity contribution is 5.82. The number of carbonyl (C=O) groups is 4. The van der Waals surface area contributed by atoms with E-state index in [1.54, 1.807) is 7.11 Å². The third-order valence-corrected chi connectivity index (χ3v) is 8.62. The van der Waals surface area contributed by atoms with Gasteiger partial charge in [-0.3, -0.25) is 9.69 Å². The Labute approximate surface area is 308 Å². The molecule has 0 aliphatic carbocycles. The van der Waals surface area contributed by atoms with Gasteiger partial charge in [0.05, 0.1) is 75.7 Å². The lowest BCUT2D eigenvalue weighted by atomic mass is 9.86. The van der Waals surface area contributed by atoms with Crippen molar-refractivity contribution >= 4 is 23.9 Å². The fourth-order valence-electron chi connectivity index (χ4n) is 5.02. The number of nitrogens with zero attached hydrogens (tertiary/aromatic N) is 1. The SMILES string of the molecule is C=CC(=O)OCC(CC)(COCC(CC)(COC(=O)C=C)COC(=O)CCN(CC(O)COCCOCCOC)CC1CCCO1)COC(=O)C=C. The Kier molecular flexibility index (Phi) is 24.7. The molecule has 52 heavy (non-hydrogen) atoms. The molecule has 15 nitrogen and oxygen atoms in total. The quantitative estimate of drug-likeness (QED) is 0.0460. The smallest absolute Gasteiger partial charge is 0.330 e. The zero-order valence-corrected chi connectivity index (χ0v) is 31.4. The maximum absolute atomic E-state index is 13.1. The number of esters is 4.